The molecule has 2 aromatic rings. The standard InChI is InChI=1S/C9H7ClN2O/c1-6-11-5-7(9(10)12-6)8-3-2-4-13-8/h2-5H,1H3. The molecule has 0 atom stereocenters. The van der Waals surface area contributed by atoms with E-state index in [0.29, 0.717) is 16.7 Å². The maximum absolute atomic E-state index is 5.91. The van der Waals surface area contributed by atoms with E-state index in [0.717, 1.165) is 5.56 Å². The van der Waals surface area contributed by atoms with Crippen LogP contribution in [0.5, 0.6) is 0 Å². The molecule has 0 aliphatic heterocycles. The van der Waals surface area contributed by atoms with Crippen LogP contribution in [0.4, 0.5) is 0 Å². The van der Waals surface area contributed by atoms with Crippen molar-refractivity contribution in [1.82, 2.24) is 9.97 Å². The number of halogens is 1. The van der Waals surface area contributed by atoms with Gasteiger partial charge in [0.1, 0.15) is 16.7 Å². The molecule has 66 valence electrons. The first-order valence-electron chi connectivity index (χ1n) is 3.80. The van der Waals surface area contributed by atoms with E-state index in [9.17, 15) is 0 Å². The van der Waals surface area contributed by atoms with Crippen molar-refractivity contribution < 1.29 is 4.42 Å². The highest BCUT2D eigenvalue weighted by atomic mass is 35.5. The molecule has 0 aliphatic carbocycles. The second-order valence-corrected chi connectivity index (χ2v) is 2.96. The number of aryl methyl sites for hydroxylation is 1. The van der Waals surface area contributed by atoms with Gasteiger partial charge in [-0.15, -0.1) is 0 Å². The van der Waals surface area contributed by atoms with Gasteiger partial charge in [0.05, 0.1) is 11.8 Å². The molecule has 0 unspecified atom stereocenters. The van der Waals surface area contributed by atoms with Crippen molar-refractivity contribution in [3.63, 3.8) is 0 Å². The van der Waals surface area contributed by atoms with E-state index in [2.05, 4.69) is 9.97 Å². The van der Waals surface area contributed by atoms with Crippen LogP contribution in [0.25, 0.3) is 11.3 Å². The van der Waals surface area contributed by atoms with Crippen molar-refractivity contribution in [3.8, 4) is 11.3 Å². The van der Waals surface area contributed by atoms with Gasteiger partial charge in [-0.2, -0.15) is 0 Å². The zero-order valence-corrected chi connectivity index (χ0v) is 7.75. The zero-order chi connectivity index (χ0) is 9.26. The van der Waals surface area contributed by atoms with Gasteiger partial charge < -0.3 is 4.42 Å². The molecule has 0 saturated carbocycles. The largest absolute Gasteiger partial charge is 0.464 e. The lowest BCUT2D eigenvalue weighted by atomic mass is 10.3. The van der Waals surface area contributed by atoms with Crippen LogP contribution in [0.3, 0.4) is 0 Å². The Morgan fingerprint density at radius 1 is 1.46 bits per heavy atom. The zero-order valence-electron chi connectivity index (χ0n) is 6.99. The highest BCUT2D eigenvalue weighted by Gasteiger charge is 2.07. The van der Waals surface area contributed by atoms with E-state index < -0.39 is 0 Å². The second kappa shape index (κ2) is 3.18. The summed E-state index contributed by atoms with van der Waals surface area (Å²) in [6, 6.07) is 3.62. The van der Waals surface area contributed by atoms with Crippen molar-refractivity contribution >= 4 is 11.6 Å². The Labute approximate surface area is 80.4 Å². The van der Waals surface area contributed by atoms with Crippen LogP contribution in [0.1, 0.15) is 5.82 Å². The third kappa shape index (κ3) is 1.55. The number of hydrogen-bond acceptors (Lipinski definition) is 3. The Hall–Kier alpha value is -1.35. The molecular weight excluding hydrogens is 188 g/mol. The molecule has 0 spiro atoms. The smallest absolute Gasteiger partial charge is 0.143 e. The van der Waals surface area contributed by atoms with Gasteiger partial charge in [-0.05, 0) is 19.1 Å². The molecule has 0 aromatic carbocycles. The quantitative estimate of drug-likeness (QED) is 0.656. The molecule has 2 heterocycles. The van der Waals surface area contributed by atoms with Crippen LogP contribution in [-0.4, -0.2) is 9.97 Å². The van der Waals surface area contributed by atoms with Crippen LogP contribution in [0.2, 0.25) is 5.15 Å². The lowest BCUT2D eigenvalue weighted by Gasteiger charge is -1.99. The second-order valence-electron chi connectivity index (χ2n) is 2.60. The third-order valence-corrected chi connectivity index (χ3v) is 1.94. The minimum Gasteiger partial charge on any atom is -0.464 e. The monoisotopic (exact) mass is 194 g/mol. The number of rotatable bonds is 1. The van der Waals surface area contributed by atoms with E-state index in [1.807, 2.05) is 6.07 Å². The highest BCUT2D eigenvalue weighted by Crippen LogP contribution is 2.25. The third-order valence-electron chi connectivity index (χ3n) is 1.65. The van der Waals surface area contributed by atoms with Gasteiger partial charge in [0.2, 0.25) is 0 Å². The lowest BCUT2D eigenvalue weighted by Crippen LogP contribution is -1.89. The SMILES string of the molecule is Cc1ncc(-c2ccco2)c(Cl)n1. The predicted octanol–water partition coefficient (Wildman–Crippen LogP) is 2.70. The summed E-state index contributed by atoms with van der Waals surface area (Å²) in [5.74, 6) is 1.34. The van der Waals surface area contributed by atoms with E-state index in [1.165, 1.54) is 0 Å². The summed E-state index contributed by atoms with van der Waals surface area (Å²) in [5.41, 5.74) is 0.720. The molecular formula is C9H7ClN2O. The van der Waals surface area contributed by atoms with Gasteiger partial charge in [0.15, 0.2) is 0 Å². The topological polar surface area (TPSA) is 38.9 Å². The Morgan fingerprint density at radius 2 is 2.31 bits per heavy atom. The van der Waals surface area contributed by atoms with Gasteiger partial charge in [-0.1, -0.05) is 11.6 Å². The average Bonchev–Trinajstić information content (AvgIpc) is 2.56. The molecule has 0 radical (unpaired) electrons. The minimum atomic E-state index is 0.419. The number of hydrogen-bond donors (Lipinski definition) is 0. The molecule has 2 aromatic heterocycles. The summed E-state index contributed by atoms with van der Waals surface area (Å²) in [7, 11) is 0. The van der Waals surface area contributed by atoms with Crippen LogP contribution in [-0.2, 0) is 0 Å². The summed E-state index contributed by atoms with van der Waals surface area (Å²) < 4.78 is 5.18. The maximum Gasteiger partial charge on any atom is 0.143 e. The Bertz CT molecular complexity index is 412. The Balaban J connectivity index is 2.53. The molecule has 4 heteroatoms. The summed E-state index contributed by atoms with van der Waals surface area (Å²) in [4.78, 5) is 8.06. The molecule has 0 N–H and O–H groups in total. The fraction of sp³-hybridized carbons (Fsp3) is 0.111. The molecule has 3 nitrogen and oxygen atoms in total. The minimum absolute atomic E-state index is 0.419. The first-order chi connectivity index (χ1) is 6.27. The fourth-order valence-electron chi connectivity index (χ4n) is 1.04. The Morgan fingerprint density at radius 3 is 2.92 bits per heavy atom. The van der Waals surface area contributed by atoms with Gasteiger partial charge in [-0.25, -0.2) is 9.97 Å². The predicted molar refractivity (Wildman–Crippen MR) is 49.5 cm³/mol. The summed E-state index contributed by atoms with van der Waals surface area (Å²) in [6.45, 7) is 1.79. The van der Waals surface area contributed by atoms with Crippen molar-refractivity contribution in [1.29, 1.82) is 0 Å². The van der Waals surface area contributed by atoms with Crippen LogP contribution >= 0.6 is 11.6 Å². The van der Waals surface area contributed by atoms with E-state index in [4.69, 9.17) is 16.0 Å². The van der Waals surface area contributed by atoms with Gasteiger partial charge in [-0.3, -0.25) is 0 Å². The molecule has 0 saturated heterocycles. The molecule has 0 aliphatic rings. The first-order valence-corrected chi connectivity index (χ1v) is 4.18. The lowest BCUT2D eigenvalue weighted by molar-refractivity contribution is 0.581. The summed E-state index contributed by atoms with van der Waals surface area (Å²) >= 11 is 5.91. The number of nitrogens with zero attached hydrogens (tertiary/aromatic N) is 2. The number of aromatic nitrogens is 2. The fourth-order valence-corrected chi connectivity index (χ4v) is 1.30. The van der Waals surface area contributed by atoms with Crippen LogP contribution in [0.15, 0.2) is 29.0 Å². The van der Waals surface area contributed by atoms with Gasteiger partial charge in [0.25, 0.3) is 0 Å². The molecule has 0 amide bonds. The molecule has 13 heavy (non-hydrogen) atoms. The van der Waals surface area contributed by atoms with E-state index in [1.54, 1.807) is 25.5 Å². The van der Waals surface area contributed by atoms with E-state index in [-0.39, 0.29) is 0 Å². The van der Waals surface area contributed by atoms with Crippen molar-refractivity contribution in [2.24, 2.45) is 0 Å². The van der Waals surface area contributed by atoms with E-state index >= 15 is 0 Å². The molecule has 0 bridgehead atoms. The van der Waals surface area contributed by atoms with Gasteiger partial charge in [0, 0.05) is 6.20 Å². The first kappa shape index (κ1) is 8.26. The molecule has 2 rings (SSSR count). The summed E-state index contributed by atoms with van der Waals surface area (Å²) in [6.07, 6.45) is 3.25. The molecule has 0 fully saturated rings. The summed E-state index contributed by atoms with van der Waals surface area (Å²) in [5, 5.41) is 0.419. The maximum atomic E-state index is 5.91. The Kier molecular flexibility index (Phi) is 2.02. The van der Waals surface area contributed by atoms with Crippen LogP contribution in [0, 0.1) is 6.92 Å². The van der Waals surface area contributed by atoms with Crippen molar-refractivity contribution in [3.05, 3.63) is 35.6 Å². The van der Waals surface area contributed by atoms with Gasteiger partial charge >= 0.3 is 0 Å². The van der Waals surface area contributed by atoms with Crippen molar-refractivity contribution in [2.45, 2.75) is 6.92 Å². The number of furan rings is 1. The van der Waals surface area contributed by atoms with Crippen molar-refractivity contribution in [2.75, 3.05) is 0 Å². The van der Waals surface area contributed by atoms with Crippen LogP contribution < -0.4 is 0 Å². The average molecular weight is 195 g/mol. The normalized spacial score (nSPS) is 10.3. The highest BCUT2D eigenvalue weighted by molar-refractivity contribution is 6.31.